The smallest absolute Gasteiger partial charge is 0.0471 e. The van der Waals surface area contributed by atoms with Crippen molar-refractivity contribution < 1.29 is 0 Å². The van der Waals surface area contributed by atoms with E-state index in [0.717, 1.165) is 22.3 Å². The average molecular weight is 338 g/mol. The van der Waals surface area contributed by atoms with Crippen LogP contribution in [-0.2, 0) is 0 Å². The number of aromatic amines is 2. The summed E-state index contributed by atoms with van der Waals surface area (Å²) in [4.78, 5) is 6.96. The van der Waals surface area contributed by atoms with Gasteiger partial charge >= 0.3 is 0 Å². The van der Waals surface area contributed by atoms with Crippen molar-refractivity contribution in [1.82, 2.24) is 9.97 Å². The molecule has 4 rings (SSSR count). The maximum atomic E-state index is 3.93. The van der Waals surface area contributed by atoms with E-state index in [1.807, 2.05) is 12.2 Å². The Morgan fingerprint density at radius 2 is 1.42 bits per heavy atom. The van der Waals surface area contributed by atoms with Gasteiger partial charge in [-0.1, -0.05) is 55.7 Å². The van der Waals surface area contributed by atoms with Gasteiger partial charge in [-0.25, -0.2) is 0 Å². The van der Waals surface area contributed by atoms with Gasteiger partial charge in [0.2, 0.25) is 0 Å². The van der Waals surface area contributed by atoms with Crippen molar-refractivity contribution in [2.24, 2.45) is 0 Å². The number of hydrogen-bond acceptors (Lipinski definition) is 0. The van der Waals surface area contributed by atoms with Gasteiger partial charge in [0, 0.05) is 43.6 Å². The Morgan fingerprint density at radius 1 is 0.769 bits per heavy atom. The molecule has 0 saturated carbocycles. The molecule has 2 aromatic carbocycles. The SMILES string of the molecule is C=Cc1[nH]c2cc(-c3ccc4c(=C/C)/c(=C\C)[nH]c4c3)ccc2c1C=C. The fourth-order valence-corrected chi connectivity index (χ4v) is 3.76. The molecule has 0 atom stereocenters. The summed E-state index contributed by atoms with van der Waals surface area (Å²) in [6, 6.07) is 13.1. The van der Waals surface area contributed by atoms with E-state index in [1.54, 1.807) is 0 Å². The molecule has 0 unspecified atom stereocenters. The van der Waals surface area contributed by atoms with Crippen LogP contribution in [0.15, 0.2) is 49.6 Å². The highest BCUT2D eigenvalue weighted by atomic mass is 14.7. The maximum absolute atomic E-state index is 3.93. The Labute approximate surface area is 152 Å². The molecular formula is C24H22N2. The first-order chi connectivity index (χ1) is 12.7. The second kappa shape index (κ2) is 6.23. The third-order valence-corrected chi connectivity index (χ3v) is 5.06. The molecule has 2 aromatic heterocycles. The minimum Gasteiger partial charge on any atom is -0.355 e. The van der Waals surface area contributed by atoms with Crippen molar-refractivity contribution in [2.45, 2.75) is 13.8 Å². The maximum Gasteiger partial charge on any atom is 0.0471 e. The van der Waals surface area contributed by atoms with Crippen LogP contribution in [0.1, 0.15) is 25.1 Å². The molecular weight excluding hydrogens is 316 g/mol. The highest BCUT2D eigenvalue weighted by molar-refractivity contribution is 5.96. The molecule has 0 bridgehead atoms. The lowest BCUT2D eigenvalue weighted by atomic mass is 10.0. The van der Waals surface area contributed by atoms with Gasteiger partial charge in [-0.2, -0.15) is 0 Å². The molecule has 0 aliphatic rings. The number of aromatic nitrogens is 2. The molecule has 0 saturated heterocycles. The minimum absolute atomic E-state index is 1.01. The number of H-pyrrole nitrogens is 2. The molecule has 26 heavy (non-hydrogen) atoms. The van der Waals surface area contributed by atoms with Crippen LogP contribution >= 0.6 is 0 Å². The summed E-state index contributed by atoms with van der Waals surface area (Å²) >= 11 is 0. The molecule has 2 heteroatoms. The Hall–Kier alpha value is -3.26. The summed E-state index contributed by atoms with van der Waals surface area (Å²) in [5, 5.41) is 4.87. The van der Waals surface area contributed by atoms with Gasteiger partial charge in [0.05, 0.1) is 0 Å². The molecule has 2 heterocycles. The summed E-state index contributed by atoms with van der Waals surface area (Å²) in [5.74, 6) is 0. The summed E-state index contributed by atoms with van der Waals surface area (Å²) < 4.78 is 0. The second-order valence-corrected chi connectivity index (χ2v) is 6.41. The van der Waals surface area contributed by atoms with Gasteiger partial charge in [0.15, 0.2) is 0 Å². The lowest BCUT2D eigenvalue weighted by Crippen LogP contribution is -2.21. The van der Waals surface area contributed by atoms with E-state index in [9.17, 15) is 0 Å². The van der Waals surface area contributed by atoms with E-state index in [-0.39, 0.29) is 0 Å². The predicted molar refractivity (Wildman–Crippen MR) is 115 cm³/mol. The standard InChI is InChI=1S/C24H22N2/c1-5-17-19-11-9-15(13-23(19)25-21(17)7-3)16-10-12-20-18(6-2)22(8-4)26-24(20)14-16/h5-14,25-26H,1,3H2,2,4H3/b18-6-,22-8+. The third-order valence-electron chi connectivity index (χ3n) is 5.06. The van der Waals surface area contributed by atoms with Gasteiger partial charge in [-0.15, -0.1) is 0 Å². The number of hydrogen-bond donors (Lipinski definition) is 2. The zero-order chi connectivity index (χ0) is 18.3. The first-order valence-electron chi connectivity index (χ1n) is 8.85. The van der Waals surface area contributed by atoms with Crippen molar-refractivity contribution in [2.75, 3.05) is 0 Å². The van der Waals surface area contributed by atoms with Gasteiger partial charge in [0.25, 0.3) is 0 Å². The first kappa shape index (κ1) is 16.2. The zero-order valence-electron chi connectivity index (χ0n) is 15.2. The number of rotatable bonds is 3. The predicted octanol–water partition coefficient (Wildman–Crippen LogP) is 5.20. The summed E-state index contributed by atoms with van der Waals surface area (Å²) in [7, 11) is 0. The van der Waals surface area contributed by atoms with Crippen LogP contribution in [0.3, 0.4) is 0 Å². The molecule has 2 nitrogen and oxygen atoms in total. The molecule has 128 valence electrons. The Kier molecular flexibility index (Phi) is 3.89. The fourth-order valence-electron chi connectivity index (χ4n) is 3.76. The summed E-state index contributed by atoms with van der Waals surface area (Å²) in [6.07, 6.45) is 8.00. The van der Waals surface area contributed by atoms with Crippen molar-refractivity contribution in [3.05, 3.63) is 71.4 Å². The molecule has 0 aliphatic carbocycles. The third kappa shape index (κ3) is 2.34. The monoisotopic (exact) mass is 338 g/mol. The first-order valence-corrected chi connectivity index (χ1v) is 8.85. The lowest BCUT2D eigenvalue weighted by Gasteiger charge is -2.03. The lowest BCUT2D eigenvalue weighted by molar-refractivity contribution is 1.35. The Balaban J connectivity index is 1.92. The van der Waals surface area contributed by atoms with Crippen molar-refractivity contribution >= 4 is 46.1 Å². The van der Waals surface area contributed by atoms with Crippen LogP contribution < -0.4 is 10.6 Å². The van der Waals surface area contributed by atoms with Crippen LogP contribution in [0.5, 0.6) is 0 Å². The summed E-state index contributed by atoms with van der Waals surface area (Å²) in [6.45, 7) is 12.0. The van der Waals surface area contributed by atoms with Gasteiger partial charge < -0.3 is 9.97 Å². The van der Waals surface area contributed by atoms with Gasteiger partial charge in [-0.05, 0) is 43.2 Å². The normalized spacial score (nSPS) is 13.0. The molecule has 0 radical (unpaired) electrons. The average Bonchev–Trinajstić information content (AvgIpc) is 3.23. The molecule has 0 aliphatic heterocycles. The van der Waals surface area contributed by atoms with Crippen LogP contribution in [0.2, 0.25) is 0 Å². The minimum atomic E-state index is 1.01. The quantitative estimate of drug-likeness (QED) is 0.514. The highest BCUT2D eigenvalue weighted by Gasteiger charge is 2.09. The molecule has 0 amide bonds. The van der Waals surface area contributed by atoms with Crippen molar-refractivity contribution in [1.29, 1.82) is 0 Å². The fraction of sp³-hybridized carbons (Fsp3) is 0.0833. The van der Waals surface area contributed by atoms with Crippen LogP contribution in [-0.4, -0.2) is 9.97 Å². The summed E-state index contributed by atoms with van der Waals surface area (Å²) in [5.41, 5.74) is 6.76. The van der Waals surface area contributed by atoms with Crippen LogP contribution in [0.4, 0.5) is 0 Å². The number of benzene rings is 2. The second-order valence-electron chi connectivity index (χ2n) is 6.41. The van der Waals surface area contributed by atoms with Crippen molar-refractivity contribution in [3.63, 3.8) is 0 Å². The Morgan fingerprint density at radius 3 is 2.00 bits per heavy atom. The van der Waals surface area contributed by atoms with Crippen molar-refractivity contribution in [3.8, 4) is 11.1 Å². The molecule has 0 fully saturated rings. The van der Waals surface area contributed by atoms with Crippen LogP contribution in [0, 0.1) is 0 Å². The topological polar surface area (TPSA) is 31.6 Å². The van der Waals surface area contributed by atoms with E-state index < -0.39 is 0 Å². The van der Waals surface area contributed by atoms with E-state index in [1.165, 1.54) is 32.5 Å². The van der Waals surface area contributed by atoms with E-state index in [0.29, 0.717) is 0 Å². The molecule has 4 aromatic rings. The van der Waals surface area contributed by atoms with Gasteiger partial charge in [-0.3, -0.25) is 0 Å². The number of nitrogens with one attached hydrogen (secondary N) is 2. The van der Waals surface area contributed by atoms with Crippen LogP contribution in [0.25, 0.3) is 57.2 Å². The van der Waals surface area contributed by atoms with E-state index in [2.05, 4.69) is 85.5 Å². The van der Waals surface area contributed by atoms with Gasteiger partial charge in [0.1, 0.15) is 0 Å². The number of fused-ring (bicyclic) bond motifs is 2. The molecule has 0 spiro atoms. The highest BCUT2D eigenvalue weighted by Crippen LogP contribution is 2.30. The Bertz CT molecular complexity index is 1280. The van der Waals surface area contributed by atoms with E-state index in [4.69, 9.17) is 0 Å². The molecule has 2 N–H and O–H groups in total. The largest absolute Gasteiger partial charge is 0.355 e. The zero-order valence-corrected chi connectivity index (χ0v) is 15.2. The van der Waals surface area contributed by atoms with E-state index >= 15 is 0 Å².